The first-order valence-electron chi connectivity index (χ1n) is 8.15. The molecule has 7 heteroatoms. The summed E-state index contributed by atoms with van der Waals surface area (Å²) in [6.07, 6.45) is 0.596. The molecule has 0 aliphatic carbocycles. The van der Waals surface area contributed by atoms with Gasteiger partial charge in [-0.1, -0.05) is 36.4 Å². The summed E-state index contributed by atoms with van der Waals surface area (Å²) in [4.78, 5) is 41.4. The summed E-state index contributed by atoms with van der Waals surface area (Å²) < 4.78 is 0. The van der Waals surface area contributed by atoms with Gasteiger partial charge in [0.1, 0.15) is 6.04 Å². The third-order valence-corrected chi connectivity index (χ3v) is 5.51. The zero-order valence-corrected chi connectivity index (χ0v) is 14.2. The van der Waals surface area contributed by atoms with E-state index in [4.69, 9.17) is 0 Å². The smallest absolute Gasteiger partial charge is 0.324 e. The summed E-state index contributed by atoms with van der Waals surface area (Å²) >= 11 is 1.36. The molecule has 0 spiro atoms. The Morgan fingerprint density at radius 3 is 2.68 bits per heavy atom. The minimum Gasteiger partial charge on any atom is -0.332 e. The molecular weight excluding hydrogens is 338 g/mol. The van der Waals surface area contributed by atoms with Crippen molar-refractivity contribution in [3.63, 3.8) is 0 Å². The fourth-order valence-electron chi connectivity index (χ4n) is 3.43. The van der Waals surface area contributed by atoms with E-state index in [2.05, 4.69) is 5.32 Å². The molecule has 6 nitrogen and oxygen atoms in total. The number of carbonyl (C=O) groups is 3. The molecule has 2 aliphatic rings. The Morgan fingerprint density at radius 1 is 1.16 bits per heavy atom. The molecule has 3 heterocycles. The number of imide groups is 1. The average Bonchev–Trinajstić information content (AvgIpc) is 3.29. The van der Waals surface area contributed by atoms with Crippen molar-refractivity contribution in [3.05, 3.63) is 58.3 Å². The Labute approximate surface area is 149 Å². The molecule has 25 heavy (non-hydrogen) atoms. The highest BCUT2D eigenvalue weighted by Gasteiger charge is 2.49. The van der Waals surface area contributed by atoms with Crippen molar-refractivity contribution in [3.8, 4) is 0 Å². The second-order valence-corrected chi connectivity index (χ2v) is 7.12. The van der Waals surface area contributed by atoms with E-state index in [0.29, 0.717) is 17.8 Å². The zero-order valence-electron chi connectivity index (χ0n) is 13.4. The van der Waals surface area contributed by atoms with Crippen LogP contribution in [0.3, 0.4) is 0 Å². The first-order valence-corrected chi connectivity index (χ1v) is 9.03. The van der Waals surface area contributed by atoms with Crippen molar-refractivity contribution in [2.75, 3.05) is 6.54 Å². The summed E-state index contributed by atoms with van der Waals surface area (Å²) in [7, 11) is 0. The molecule has 2 unspecified atom stereocenters. The molecule has 2 aromatic rings. The highest BCUT2D eigenvalue weighted by atomic mass is 32.1. The van der Waals surface area contributed by atoms with Crippen LogP contribution in [0.15, 0.2) is 47.8 Å². The Kier molecular flexibility index (Phi) is 4.01. The molecule has 4 rings (SSSR count). The highest BCUT2D eigenvalue weighted by molar-refractivity contribution is 7.12. The Morgan fingerprint density at radius 2 is 1.96 bits per heavy atom. The van der Waals surface area contributed by atoms with Crippen molar-refractivity contribution in [2.45, 2.75) is 25.0 Å². The number of carbonyl (C=O) groups excluding carboxylic acids is 3. The van der Waals surface area contributed by atoms with E-state index in [1.807, 2.05) is 41.8 Å². The highest BCUT2D eigenvalue weighted by Crippen LogP contribution is 2.27. The van der Waals surface area contributed by atoms with E-state index in [1.165, 1.54) is 16.2 Å². The van der Waals surface area contributed by atoms with Crippen LogP contribution in [0, 0.1) is 0 Å². The van der Waals surface area contributed by atoms with Gasteiger partial charge in [-0.2, -0.15) is 0 Å². The minimum absolute atomic E-state index is 0.147. The van der Waals surface area contributed by atoms with Crippen molar-refractivity contribution < 1.29 is 14.4 Å². The van der Waals surface area contributed by atoms with E-state index in [9.17, 15) is 14.4 Å². The number of benzene rings is 1. The third-order valence-electron chi connectivity index (χ3n) is 4.65. The molecule has 4 amide bonds. The third kappa shape index (κ3) is 2.80. The predicted octanol–water partition coefficient (Wildman–Crippen LogP) is 2.08. The van der Waals surface area contributed by atoms with Crippen LogP contribution >= 0.6 is 11.3 Å². The van der Waals surface area contributed by atoms with Gasteiger partial charge in [0.15, 0.2) is 0 Å². The maximum absolute atomic E-state index is 13.0. The van der Waals surface area contributed by atoms with E-state index in [0.717, 1.165) is 5.56 Å². The minimum atomic E-state index is -0.629. The Balaban J connectivity index is 1.58. The Hall–Kier alpha value is -2.67. The average molecular weight is 355 g/mol. The topological polar surface area (TPSA) is 69.7 Å². The first kappa shape index (κ1) is 15.8. The second kappa shape index (κ2) is 6.33. The largest absolute Gasteiger partial charge is 0.332 e. The number of amides is 4. The molecule has 1 aromatic heterocycles. The van der Waals surface area contributed by atoms with Gasteiger partial charge in [-0.05, 0) is 23.4 Å². The summed E-state index contributed by atoms with van der Waals surface area (Å²) in [5.41, 5.74) is 0.874. The maximum Gasteiger partial charge on any atom is 0.324 e. The van der Waals surface area contributed by atoms with Crippen LogP contribution in [0.2, 0.25) is 0 Å². The number of hydrogen-bond acceptors (Lipinski definition) is 4. The molecule has 1 aromatic carbocycles. The number of fused-ring (bicyclic) bond motifs is 1. The van der Waals surface area contributed by atoms with Gasteiger partial charge in [0, 0.05) is 6.54 Å². The normalized spacial score (nSPS) is 22.7. The summed E-state index contributed by atoms with van der Waals surface area (Å²) in [6, 6.07) is 11.6. The lowest BCUT2D eigenvalue weighted by Crippen LogP contribution is -2.64. The second-order valence-electron chi connectivity index (χ2n) is 6.18. The fraction of sp³-hybridized carbons (Fsp3) is 0.278. The van der Waals surface area contributed by atoms with Gasteiger partial charge in [0.05, 0.1) is 17.5 Å². The SMILES string of the molecule is O=C1NC2CCN(C(=O)c3cccs3)C2C(=O)N1Cc1ccccc1. The maximum atomic E-state index is 13.0. The van der Waals surface area contributed by atoms with Gasteiger partial charge in [0.25, 0.3) is 11.8 Å². The van der Waals surface area contributed by atoms with Crippen LogP contribution in [0.5, 0.6) is 0 Å². The lowest BCUT2D eigenvalue weighted by Gasteiger charge is -2.36. The van der Waals surface area contributed by atoms with Crippen LogP contribution in [-0.4, -0.2) is 46.3 Å². The lowest BCUT2D eigenvalue weighted by molar-refractivity contribution is -0.134. The van der Waals surface area contributed by atoms with Gasteiger partial charge >= 0.3 is 6.03 Å². The monoisotopic (exact) mass is 355 g/mol. The first-order chi connectivity index (χ1) is 12.1. The predicted molar refractivity (Wildman–Crippen MR) is 93.1 cm³/mol. The Bertz CT molecular complexity index is 806. The molecule has 2 aliphatic heterocycles. The van der Waals surface area contributed by atoms with Crippen molar-refractivity contribution >= 4 is 29.2 Å². The molecule has 128 valence electrons. The molecule has 2 atom stereocenters. The van der Waals surface area contributed by atoms with Gasteiger partial charge < -0.3 is 10.2 Å². The summed E-state index contributed by atoms with van der Waals surface area (Å²) in [5.74, 6) is -0.452. The molecule has 0 saturated carbocycles. The van der Waals surface area contributed by atoms with Crippen LogP contribution in [0.25, 0.3) is 0 Å². The van der Waals surface area contributed by atoms with E-state index in [1.54, 1.807) is 11.0 Å². The number of urea groups is 1. The molecule has 0 radical (unpaired) electrons. The van der Waals surface area contributed by atoms with E-state index < -0.39 is 6.04 Å². The van der Waals surface area contributed by atoms with Crippen LogP contribution in [0.1, 0.15) is 21.7 Å². The number of hydrogen-bond donors (Lipinski definition) is 1. The lowest BCUT2D eigenvalue weighted by atomic mass is 10.0. The van der Waals surface area contributed by atoms with Gasteiger partial charge in [-0.3, -0.25) is 14.5 Å². The number of rotatable bonds is 3. The number of nitrogens with zero attached hydrogens (tertiary/aromatic N) is 2. The standard InChI is InChI=1S/C18H17N3O3S/c22-16(14-7-4-10-25-14)20-9-8-13-15(20)17(23)21(18(24)19-13)11-12-5-2-1-3-6-12/h1-7,10,13,15H,8-9,11H2,(H,19,24). The van der Waals surface area contributed by atoms with Gasteiger partial charge in [0.2, 0.25) is 0 Å². The van der Waals surface area contributed by atoms with Crippen molar-refractivity contribution in [1.82, 2.24) is 15.1 Å². The van der Waals surface area contributed by atoms with E-state index >= 15 is 0 Å². The molecule has 0 bridgehead atoms. The van der Waals surface area contributed by atoms with Gasteiger partial charge in [-0.25, -0.2) is 4.79 Å². The molecule has 1 N–H and O–H groups in total. The van der Waals surface area contributed by atoms with Crippen molar-refractivity contribution in [2.24, 2.45) is 0 Å². The van der Waals surface area contributed by atoms with Crippen LogP contribution in [0.4, 0.5) is 4.79 Å². The number of nitrogens with one attached hydrogen (secondary N) is 1. The summed E-state index contributed by atoms with van der Waals surface area (Å²) in [6.45, 7) is 0.674. The quantitative estimate of drug-likeness (QED) is 0.916. The van der Waals surface area contributed by atoms with Crippen LogP contribution < -0.4 is 5.32 Å². The van der Waals surface area contributed by atoms with Crippen LogP contribution in [-0.2, 0) is 11.3 Å². The number of thiophene rings is 1. The molecule has 2 saturated heterocycles. The zero-order chi connectivity index (χ0) is 17.4. The van der Waals surface area contributed by atoms with E-state index in [-0.39, 0.29) is 30.4 Å². The van der Waals surface area contributed by atoms with Crippen molar-refractivity contribution in [1.29, 1.82) is 0 Å². The summed E-state index contributed by atoms with van der Waals surface area (Å²) in [5, 5.41) is 4.73. The molecular formula is C18H17N3O3S. The number of likely N-dealkylation sites (tertiary alicyclic amines) is 1. The van der Waals surface area contributed by atoms with Gasteiger partial charge in [-0.15, -0.1) is 11.3 Å². The fourth-order valence-corrected chi connectivity index (χ4v) is 4.11. The molecule has 2 fully saturated rings.